The van der Waals surface area contributed by atoms with Crippen LogP contribution in [0.3, 0.4) is 0 Å². The zero-order chi connectivity index (χ0) is 16.9. The summed E-state index contributed by atoms with van der Waals surface area (Å²) < 4.78 is 0. The summed E-state index contributed by atoms with van der Waals surface area (Å²) in [4.78, 5) is 17.1. The van der Waals surface area contributed by atoms with Gasteiger partial charge in [-0.25, -0.2) is 0 Å². The molecule has 2 aromatic rings. The van der Waals surface area contributed by atoms with Crippen molar-refractivity contribution in [3.8, 4) is 0 Å². The number of thioether (sulfide) groups is 1. The summed E-state index contributed by atoms with van der Waals surface area (Å²) in [6.07, 6.45) is 0. The van der Waals surface area contributed by atoms with E-state index in [1.54, 1.807) is 0 Å². The Morgan fingerprint density at radius 2 is 1.83 bits per heavy atom. The van der Waals surface area contributed by atoms with Gasteiger partial charge in [-0.15, -0.1) is 0 Å². The molecule has 0 bridgehead atoms. The van der Waals surface area contributed by atoms with Crippen molar-refractivity contribution in [2.24, 2.45) is 0 Å². The molecule has 3 rings (SSSR count). The van der Waals surface area contributed by atoms with Gasteiger partial charge in [-0.2, -0.15) is 11.8 Å². The van der Waals surface area contributed by atoms with Gasteiger partial charge in [-0.3, -0.25) is 4.79 Å². The molecule has 0 spiro atoms. The van der Waals surface area contributed by atoms with E-state index in [0.717, 1.165) is 30.2 Å². The highest BCUT2D eigenvalue weighted by molar-refractivity contribution is 7.98. The molecule has 0 saturated carbocycles. The molecular formula is C20H24N2OS. The first-order chi connectivity index (χ1) is 11.7. The largest absolute Gasteiger partial charge is 0.373 e. The molecular weight excluding hydrogens is 316 g/mol. The molecule has 0 N–H and O–H groups in total. The summed E-state index contributed by atoms with van der Waals surface area (Å²) in [7, 11) is 2.09. The van der Waals surface area contributed by atoms with Crippen LogP contribution in [0, 0.1) is 0 Å². The van der Waals surface area contributed by atoms with E-state index >= 15 is 0 Å². The number of carbonyl (C=O) groups excluding carboxylic acids is 1. The maximum Gasteiger partial charge on any atom is 0.254 e. The number of carbonyl (C=O) groups is 1. The Kier molecular flexibility index (Phi) is 5.46. The minimum atomic E-state index is 0.120. The summed E-state index contributed by atoms with van der Waals surface area (Å²) >= 11 is 1.90. The molecule has 24 heavy (non-hydrogen) atoms. The van der Waals surface area contributed by atoms with Crippen LogP contribution < -0.4 is 4.90 Å². The minimum Gasteiger partial charge on any atom is -0.373 e. The van der Waals surface area contributed by atoms with Gasteiger partial charge >= 0.3 is 0 Å². The van der Waals surface area contributed by atoms with Gasteiger partial charge in [-0.05, 0) is 35.1 Å². The maximum atomic E-state index is 12.9. The van der Waals surface area contributed by atoms with Crippen molar-refractivity contribution in [1.29, 1.82) is 0 Å². The maximum absolute atomic E-state index is 12.9. The average Bonchev–Trinajstić information content (AvgIpc) is 2.79. The van der Waals surface area contributed by atoms with Crippen LogP contribution in [-0.2, 0) is 12.3 Å². The Morgan fingerprint density at radius 3 is 2.58 bits per heavy atom. The Labute approximate surface area is 148 Å². The van der Waals surface area contributed by atoms with Crippen molar-refractivity contribution in [3.63, 3.8) is 0 Å². The molecule has 1 aliphatic rings. The fourth-order valence-electron chi connectivity index (χ4n) is 3.01. The SMILES string of the molecule is CCSCc1ccc(C(=O)N2CCN(C)c3ccccc3C2)cc1. The van der Waals surface area contributed by atoms with E-state index in [-0.39, 0.29) is 5.91 Å². The van der Waals surface area contributed by atoms with Crippen LogP contribution in [0.5, 0.6) is 0 Å². The summed E-state index contributed by atoms with van der Waals surface area (Å²) in [6.45, 7) is 4.44. The normalized spacial score (nSPS) is 14.2. The summed E-state index contributed by atoms with van der Waals surface area (Å²) in [5.41, 5.74) is 4.49. The van der Waals surface area contributed by atoms with E-state index in [1.807, 2.05) is 34.9 Å². The van der Waals surface area contributed by atoms with Crippen LogP contribution >= 0.6 is 11.8 Å². The Bertz CT molecular complexity index is 699. The molecule has 1 heterocycles. The van der Waals surface area contributed by atoms with Crippen molar-refractivity contribution in [1.82, 2.24) is 4.90 Å². The van der Waals surface area contributed by atoms with Crippen molar-refractivity contribution in [2.45, 2.75) is 19.2 Å². The van der Waals surface area contributed by atoms with Crippen molar-refractivity contribution < 1.29 is 4.79 Å². The third kappa shape index (κ3) is 3.75. The van der Waals surface area contributed by atoms with Gasteiger partial charge in [0.05, 0.1) is 0 Å². The number of fused-ring (bicyclic) bond motifs is 1. The number of amides is 1. The fourth-order valence-corrected chi connectivity index (χ4v) is 3.64. The number of hydrogen-bond donors (Lipinski definition) is 0. The number of likely N-dealkylation sites (N-methyl/N-ethyl adjacent to an activating group) is 1. The number of para-hydroxylation sites is 1. The first kappa shape index (κ1) is 16.9. The summed E-state index contributed by atoms with van der Waals surface area (Å²) in [5, 5.41) is 0. The molecule has 0 saturated heterocycles. The lowest BCUT2D eigenvalue weighted by Gasteiger charge is -2.21. The van der Waals surface area contributed by atoms with Crippen molar-refractivity contribution in [2.75, 3.05) is 30.8 Å². The molecule has 0 atom stereocenters. The average molecular weight is 340 g/mol. The predicted molar refractivity (Wildman–Crippen MR) is 103 cm³/mol. The first-order valence-electron chi connectivity index (χ1n) is 8.44. The summed E-state index contributed by atoms with van der Waals surface area (Å²) in [6, 6.07) is 16.4. The second kappa shape index (κ2) is 7.75. The molecule has 1 aliphatic heterocycles. The lowest BCUT2D eigenvalue weighted by atomic mass is 10.1. The van der Waals surface area contributed by atoms with Gasteiger partial charge in [0.2, 0.25) is 0 Å². The predicted octanol–water partition coefficient (Wildman–Crippen LogP) is 4.03. The first-order valence-corrected chi connectivity index (χ1v) is 9.59. The molecule has 0 fully saturated rings. The zero-order valence-electron chi connectivity index (χ0n) is 14.4. The van der Waals surface area contributed by atoms with E-state index in [2.05, 4.69) is 49.2 Å². The molecule has 0 radical (unpaired) electrons. The molecule has 1 amide bonds. The molecule has 2 aromatic carbocycles. The van der Waals surface area contributed by atoms with E-state index in [4.69, 9.17) is 0 Å². The van der Waals surface area contributed by atoms with Crippen LogP contribution in [0.15, 0.2) is 48.5 Å². The fraction of sp³-hybridized carbons (Fsp3) is 0.350. The number of anilines is 1. The molecule has 0 aliphatic carbocycles. The molecule has 0 aromatic heterocycles. The van der Waals surface area contributed by atoms with Crippen LogP contribution in [0.1, 0.15) is 28.4 Å². The van der Waals surface area contributed by atoms with E-state index in [1.165, 1.54) is 16.8 Å². The van der Waals surface area contributed by atoms with E-state index in [0.29, 0.717) is 6.54 Å². The van der Waals surface area contributed by atoms with Gasteiger partial charge in [0.15, 0.2) is 0 Å². The van der Waals surface area contributed by atoms with Gasteiger partial charge in [0, 0.05) is 43.7 Å². The molecule has 4 heteroatoms. The molecule has 3 nitrogen and oxygen atoms in total. The van der Waals surface area contributed by atoms with Crippen LogP contribution in [0.2, 0.25) is 0 Å². The smallest absolute Gasteiger partial charge is 0.254 e. The van der Waals surface area contributed by atoms with Crippen molar-refractivity contribution in [3.05, 3.63) is 65.2 Å². The van der Waals surface area contributed by atoms with Gasteiger partial charge in [0.25, 0.3) is 5.91 Å². The molecule has 0 unspecified atom stereocenters. The minimum absolute atomic E-state index is 0.120. The number of rotatable bonds is 4. The Hall–Kier alpha value is -1.94. The summed E-state index contributed by atoms with van der Waals surface area (Å²) in [5.74, 6) is 2.24. The zero-order valence-corrected chi connectivity index (χ0v) is 15.2. The highest BCUT2D eigenvalue weighted by atomic mass is 32.2. The van der Waals surface area contributed by atoms with Crippen LogP contribution in [0.4, 0.5) is 5.69 Å². The quantitative estimate of drug-likeness (QED) is 0.839. The van der Waals surface area contributed by atoms with E-state index in [9.17, 15) is 4.79 Å². The van der Waals surface area contributed by atoms with Gasteiger partial charge in [-0.1, -0.05) is 37.3 Å². The standard InChI is InChI=1S/C20H24N2OS/c1-3-24-15-16-8-10-17(11-9-16)20(23)22-13-12-21(2)19-7-5-4-6-18(19)14-22/h4-11H,3,12-15H2,1-2H3. The lowest BCUT2D eigenvalue weighted by Crippen LogP contribution is -2.34. The van der Waals surface area contributed by atoms with Gasteiger partial charge in [0.1, 0.15) is 0 Å². The van der Waals surface area contributed by atoms with Gasteiger partial charge < -0.3 is 9.80 Å². The number of nitrogens with zero attached hydrogens (tertiary/aromatic N) is 2. The van der Waals surface area contributed by atoms with Crippen LogP contribution in [0.25, 0.3) is 0 Å². The Morgan fingerprint density at radius 1 is 1.08 bits per heavy atom. The third-order valence-corrected chi connectivity index (χ3v) is 5.38. The number of benzene rings is 2. The number of hydrogen-bond acceptors (Lipinski definition) is 3. The van der Waals surface area contributed by atoms with E-state index < -0.39 is 0 Å². The monoisotopic (exact) mass is 340 g/mol. The highest BCUT2D eigenvalue weighted by Gasteiger charge is 2.21. The highest BCUT2D eigenvalue weighted by Crippen LogP contribution is 2.24. The Balaban J connectivity index is 1.75. The van der Waals surface area contributed by atoms with Crippen LogP contribution in [-0.4, -0.2) is 36.7 Å². The lowest BCUT2D eigenvalue weighted by molar-refractivity contribution is 0.0752. The second-order valence-corrected chi connectivity index (χ2v) is 7.39. The second-order valence-electron chi connectivity index (χ2n) is 6.11. The topological polar surface area (TPSA) is 23.6 Å². The van der Waals surface area contributed by atoms with Crippen molar-refractivity contribution >= 4 is 23.4 Å². The third-order valence-electron chi connectivity index (χ3n) is 4.43. The molecule has 126 valence electrons.